The molecule has 0 aromatic heterocycles. The molecule has 0 heterocycles. The number of carbonyl (C=O) groups excluding carboxylic acids is 2. The third-order valence-corrected chi connectivity index (χ3v) is 1.21. The van der Waals surface area contributed by atoms with Crippen molar-refractivity contribution in [2.75, 3.05) is 0 Å². The van der Waals surface area contributed by atoms with Crippen LogP contribution in [0.5, 0.6) is 0 Å². The van der Waals surface area contributed by atoms with Gasteiger partial charge in [-0.3, -0.25) is 10.1 Å². The Morgan fingerprint density at radius 3 is 2.29 bits per heavy atom. The second kappa shape index (κ2) is 4.61. The maximum absolute atomic E-state index is 11.0. The zero-order valence-electron chi connectivity index (χ0n) is 8.75. The molecule has 0 rings (SSSR count). The van der Waals surface area contributed by atoms with Gasteiger partial charge in [-0.2, -0.15) is 5.26 Å². The molecule has 1 unspecified atom stereocenters. The minimum absolute atomic E-state index is 0.651. The van der Waals surface area contributed by atoms with E-state index in [0.717, 1.165) is 0 Å². The fourth-order valence-electron chi connectivity index (χ4n) is 0.571. The highest BCUT2D eigenvalue weighted by Crippen LogP contribution is 2.06. The molecular weight excluding hydrogens is 184 g/mol. The van der Waals surface area contributed by atoms with E-state index in [1.165, 1.54) is 6.92 Å². The van der Waals surface area contributed by atoms with Crippen molar-refractivity contribution in [2.24, 2.45) is 5.92 Å². The number of alkyl carbamates (subject to hydrolysis) is 1. The summed E-state index contributed by atoms with van der Waals surface area (Å²) in [6.07, 6.45) is -0.829. The zero-order valence-corrected chi connectivity index (χ0v) is 8.75. The monoisotopic (exact) mass is 198 g/mol. The number of nitrogens with zero attached hydrogens (tertiary/aromatic N) is 1. The van der Waals surface area contributed by atoms with Crippen molar-refractivity contribution < 1.29 is 14.3 Å². The highest BCUT2D eigenvalue weighted by atomic mass is 16.6. The van der Waals surface area contributed by atoms with Crippen LogP contribution in [-0.2, 0) is 9.53 Å². The highest BCUT2D eigenvalue weighted by Gasteiger charge is 2.20. The third-order valence-electron chi connectivity index (χ3n) is 1.21. The first-order valence-electron chi connectivity index (χ1n) is 4.19. The Balaban J connectivity index is 4.10. The number of ether oxygens (including phenoxy) is 1. The summed E-state index contributed by atoms with van der Waals surface area (Å²) in [7, 11) is 0. The summed E-state index contributed by atoms with van der Waals surface area (Å²) in [6, 6.07) is 1.71. The van der Waals surface area contributed by atoms with Gasteiger partial charge in [-0.25, -0.2) is 4.79 Å². The summed E-state index contributed by atoms with van der Waals surface area (Å²) in [5.74, 6) is -1.51. The van der Waals surface area contributed by atoms with Crippen LogP contribution >= 0.6 is 0 Å². The van der Waals surface area contributed by atoms with Crippen molar-refractivity contribution in [3.05, 3.63) is 0 Å². The van der Waals surface area contributed by atoms with E-state index < -0.39 is 23.5 Å². The molecular formula is C9H14N2O3. The van der Waals surface area contributed by atoms with E-state index in [1.54, 1.807) is 26.8 Å². The Morgan fingerprint density at radius 1 is 1.43 bits per heavy atom. The molecule has 14 heavy (non-hydrogen) atoms. The van der Waals surface area contributed by atoms with Crippen LogP contribution in [0.3, 0.4) is 0 Å². The summed E-state index contributed by atoms with van der Waals surface area (Å²) < 4.78 is 4.82. The predicted molar refractivity (Wildman–Crippen MR) is 49.2 cm³/mol. The van der Waals surface area contributed by atoms with Crippen LogP contribution < -0.4 is 5.32 Å². The summed E-state index contributed by atoms with van der Waals surface area (Å²) in [5.41, 5.74) is -0.653. The number of imide groups is 1. The number of nitrogens with one attached hydrogen (secondary N) is 1. The SMILES string of the molecule is CC(C#N)C(=O)NC(=O)OC(C)(C)C. The molecule has 0 bridgehead atoms. The molecule has 0 spiro atoms. The first kappa shape index (κ1) is 12.4. The standard InChI is InChI=1S/C9H14N2O3/c1-6(5-10)7(12)11-8(13)14-9(2,3)4/h6H,1-4H3,(H,11,12,13). The van der Waals surface area contributed by atoms with Crippen molar-refractivity contribution in [1.82, 2.24) is 5.32 Å². The molecule has 0 radical (unpaired) electrons. The highest BCUT2D eigenvalue weighted by molar-refractivity contribution is 5.94. The second-order valence-corrected chi connectivity index (χ2v) is 3.84. The van der Waals surface area contributed by atoms with Gasteiger partial charge < -0.3 is 4.74 Å². The van der Waals surface area contributed by atoms with Crippen LogP contribution in [0.15, 0.2) is 0 Å². The fraction of sp³-hybridized carbons (Fsp3) is 0.667. The van der Waals surface area contributed by atoms with Crippen LogP contribution in [0.1, 0.15) is 27.7 Å². The van der Waals surface area contributed by atoms with Gasteiger partial charge in [0.05, 0.1) is 6.07 Å². The van der Waals surface area contributed by atoms with Gasteiger partial charge in [0.25, 0.3) is 0 Å². The molecule has 78 valence electrons. The van der Waals surface area contributed by atoms with E-state index in [-0.39, 0.29) is 0 Å². The Bertz CT molecular complexity index is 273. The summed E-state index contributed by atoms with van der Waals surface area (Å²) >= 11 is 0. The van der Waals surface area contributed by atoms with Gasteiger partial charge in [-0.15, -0.1) is 0 Å². The zero-order chi connectivity index (χ0) is 11.4. The van der Waals surface area contributed by atoms with E-state index >= 15 is 0 Å². The number of hydrogen-bond acceptors (Lipinski definition) is 4. The van der Waals surface area contributed by atoms with Gasteiger partial charge in [0.1, 0.15) is 11.5 Å². The van der Waals surface area contributed by atoms with Gasteiger partial charge in [-0.1, -0.05) is 0 Å². The number of carbonyl (C=O) groups is 2. The van der Waals surface area contributed by atoms with Crippen LogP contribution in [-0.4, -0.2) is 17.6 Å². The van der Waals surface area contributed by atoms with Crippen molar-refractivity contribution in [3.8, 4) is 6.07 Å². The molecule has 0 aliphatic heterocycles. The van der Waals surface area contributed by atoms with E-state index in [1.807, 2.05) is 5.32 Å². The molecule has 5 nitrogen and oxygen atoms in total. The third kappa shape index (κ3) is 5.14. The van der Waals surface area contributed by atoms with Crippen molar-refractivity contribution >= 4 is 12.0 Å². The molecule has 5 heteroatoms. The summed E-state index contributed by atoms with van der Waals surface area (Å²) in [6.45, 7) is 6.46. The number of rotatable bonds is 1. The van der Waals surface area contributed by atoms with Crippen LogP contribution in [0, 0.1) is 17.2 Å². The largest absolute Gasteiger partial charge is 0.444 e. The maximum atomic E-state index is 11.0. The Hall–Kier alpha value is -1.57. The minimum atomic E-state index is -0.859. The number of hydrogen-bond donors (Lipinski definition) is 1. The van der Waals surface area contributed by atoms with E-state index in [4.69, 9.17) is 10.00 Å². The van der Waals surface area contributed by atoms with Gasteiger partial charge in [0, 0.05) is 0 Å². The minimum Gasteiger partial charge on any atom is -0.444 e. The number of amides is 2. The lowest BCUT2D eigenvalue weighted by Crippen LogP contribution is -2.38. The molecule has 0 aliphatic rings. The topological polar surface area (TPSA) is 79.2 Å². The molecule has 0 fully saturated rings. The molecule has 0 aromatic carbocycles. The van der Waals surface area contributed by atoms with Crippen LogP contribution in [0.4, 0.5) is 4.79 Å². The van der Waals surface area contributed by atoms with Crippen LogP contribution in [0.25, 0.3) is 0 Å². The maximum Gasteiger partial charge on any atom is 0.414 e. The summed E-state index contributed by atoms with van der Waals surface area (Å²) in [4.78, 5) is 22.1. The predicted octanol–water partition coefficient (Wildman–Crippen LogP) is 1.20. The molecule has 1 atom stereocenters. The average Bonchev–Trinajstić information content (AvgIpc) is 1.99. The lowest BCUT2D eigenvalue weighted by molar-refractivity contribution is -0.122. The molecule has 1 N–H and O–H groups in total. The van der Waals surface area contributed by atoms with Crippen LogP contribution in [0.2, 0.25) is 0 Å². The van der Waals surface area contributed by atoms with E-state index in [0.29, 0.717) is 0 Å². The Labute approximate surface area is 83.0 Å². The van der Waals surface area contributed by atoms with E-state index in [2.05, 4.69) is 0 Å². The van der Waals surface area contributed by atoms with Crippen molar-refractivity contribution in [3.63, 3.8) is 0 Å². The lowest BCUT2D eigenvalue weighted by atomic mass is 10.2. The smallest absolute Gasteiger partial charge is 0.414 e. The number of nitriles is 1. The fourth-order valence-corrected chi connectivity index (χ4v) is 0.571. The van der Waals surface area contributed by atoms with E-state index in [9.17, 15) is 9.59 Å². The van der Waals surface area contributed by atoms with Crippen molar-refractivity contribution in [2.45, 2.75) is 33.3 Å². The Kier molecular flexibility index (Phi) is 4.09. The molecule has 2 amide bonds. The Morgan fingerprint density at radius 2 is 1.93 bits per heavy atom. The first-order chi connectivity index (χ1) is 6.26. The van der Waals surface area contributed by atoms with Gasteiger partial charge in [0.15, 0.2) is 0 Å². The lowest BCUT2D eigenvalue weighted by Gasteiger charge is -2.19. The first-order valence-corrected chi connectivity index (χ1v) is 4.19. The van der Waals surface area contributed by atoms with Gasteiger partial charge in [-0.05, 0) is 27.7 Å². The molecule has 0 saturated heterocycles. The van der Waals surface area contributed by atoms with Crippen molar-refractivity contribution in [1.29, 1.82) is 5.26 Å². The van der Waals surface area contributed by atoms with Gasteiger partial charge in [0.2, 0.25) is 5.91 Å². The average molecular weight is 198 g/mol. The normalized spacial score (nSPS) is 12.5. The second-order valence-electron chi connectivity index (χ2n) is 3.84. The molecule has 0 aliphatic carbocycles. The quantitative estimate of drug-likeness (QED) is 0.686. The molecule has 0 aromatic rings. The van der Waals surface area contributed by atoms with Gasteiger partial charge >= 0.3 is 6.09 Å². The molecule has 0 saturated carbocycles. The summed E-state index contributed by atoms with van der Waals surface area (Å²) in [5, 5.41) is 10.4.